The van der Waals surface area contributed by atoms with Crippen LogP contribution in [0.15, 0.2) is 47.9 Å². The molecule has 136 valence electrons. The molecule has 3 aromatic rings. The summed E-state index contributed by atoms with van der Waals surface area (Å²) in [6.07, 6.45) is 4.23. The standard InChI is InChI=1S/C17H20N6O2S/c1-21-12-17(18-13-21)26(24,25)22-8-7-16-19-15(20-23(16)10-9-22)11-14-5-3-2-4-6-14/h2-6,12-13H,7-11H2,1H3. The maximum Gasteiger partial charge on any atom is 0.262 e. The maximum absolute atomic E-state index is 12.7. The second kappa shape index (κ2) is 6.65. The molecular formula is C17H20N6O2S. The summed E-state index contributed by atoms with van der Waals surface area (Å²) in [5.74, 6) is 1.60. The Kier molecular flexibility index (Phi) is 4.33. The number of rotatable bonds is 4. The molecule has 3 heterocycles. The van der Waals surface area contributed by atoms with Crippen molar-refractivity contribution in [1.29, 1.82) is 0 Å². The van der Waals surface area contributed by atoms with E-state index in [1.807, 2.05) is 35.0 Å². The summed E-state index contributed by atoms with van der Waals surface area (Å²) in [6.45, 7) is 1.23. The first-order valence-electron chi connectivity index (χ1n) is 8.47. The third-order valence-corrected chi connectivity index (χ3v) is 6.21. The topological polar surface area (TPSA) is 85.9 Å². The molecule has 0 radical (unpaired) electrons. The number of hydrogen-bond acceptors (Lipinski definition) is 5. The molecule has 0 fully saturated rings. The number of aromatic nitrogens is 5. The van der Waals surface area contributed by atoms with E-state index in [4.69, 9.17) is 0 Å². The van der Waals surface area contributed by atoms with Gasteiger partial charge in [0.05, 0.1) is 12.9 Å². The molecule has 26 heavy (non-hydrogen) atoms. The third-order valence-electron chi connectivity index (χ3n) is 4.43. The van der Waals surface area contributed by atoms with Gasteiger partial charge in [-0.15, -0.1) is 0 Å². The van der Waals surface area contributed by atoms with Gasteiger partial charge in [-0.3, -0.25) is 0 Å². The van der Waals surface area contributed by atoms with Gasteiger partial charge in [0.2, 0.25) is 0 Å². The lowest BCUT2D eigenvalue weighted by Crippen LogP contribution is -2.34. The van der Waals surface area contributed by atoms with Crippen molar-refractivity contribution in [3.8, 4) is 0 Å². The summed E-state index contributed by atoms with van der Waals surface area (Å²) >= 11 is 0. The molecular weight excluding hydrogens is 352 g/mol. The predicted molar refractivity (Wildman–Crippen MR) is 94.9 cm³/mol. The fourth-order valence-corrected chi connectivity index (χ4v) is 4.48. The molecule has 0 atom stereocenters. The third kappa shape index (κ3) is 3.27. The van der Waals surface area contributed by atoms with Crippen LogP contribution >= 0.6 is 0 Å². The minimum absolute atomic E-state index is 0.0808. The molecule has 0 N–H and O–H groups in total. The lowest BCUT2D eigenvalue weighted by molar-refractivity contribution is 0.407. The number of sulfonamides is 1. The van der Waals surface area contributed by atoms with E-state index in [9.17, 15) is 8.42 Å². The summed E-state index contributed by atoms with van der Waals surface area (Å²) in [7, 11) is -1.83. The first-order valence-corrected chi connectivity index (χ1v) is 9.91. The van der Waals surface area contributed by atoms with Crippen LogP contribution in [0.1, 0.15) is 17.2 Å². The highest BCUT2D eigenvalue weighted by molar-refractivity contribution is 7.89. The molecule has 0 spiro atoms. The van der Waals surface area contributed by atoms with Gasteiger partial charge in [-0.05, 0) is 5.56 Å². The van der Waals surface area contributed by atoms with Crippen LogP contribution in [-0.4, -0.2) is 50.1 Å². The van der Waals surface area contributed by atoms with Crippen LogP contribution in [0.25, 0.3) is 0 Å². The van der Waals surface area contributed by atoms with Gasteiger partial charge in [0.25, 0.3) is 10.0 Å². The monoisotopic (exact) mass is 372 g/mol. The molecule has 1 aliphatic rings. The number of hydrogen-bond donors (Lipinski definition) is 0. The highest BCUT2D eigenvalue weighted by Gasteiger charge is 2.29. The Morgan fingerprint density at radius 1 is 1.12 bits per heavy atom. The molecule has 1 aliphatic heterocycles. The first kappa shape index (κ1) is 16.9. The number of benzene rings is 1. The molecule has 2 aromatic heterocycles. The smallest absolute Gasteiger partial charge is 0.262 e. The van der Waals surface area contributed by atoms with Crippen molar-refractivity contribution in [1.82, 2.24) is 28.6 Å². The van der Waals surface area contributed by atoms with E-state index in [-0.39, 0.29) is 5.03 Å². The van der Waals surface area contributed by atoms with E-state index in [0.29, 0.717) is 32.5 Å². The summed E-state index contributed by atoms with van der Waals surface area (Å²) < 4.78 is 30.4. The zero-order valence-electron chi connectivity index (χ0n) is 14.5. The van der Waals surface area contributed by atoms with Gasteiger partial charge in [-0.1, -0.05) is 30.3 Å². The van der Waals surface area contributed by atoms with E-state index in [2.05, 4.69) is 15.1 Å². The Labute approximate surface area is 152 Å². The summed E-state index contributed by atoms with van der Waals surface area (Å²) in [5.41, 5.74) is 1.16. The van der Waals surface area contributed by atoms with E-state index >= 15 is 0 Å². The Bertz CT molecular complexity index is 984. The van der Waals surface area contributed by atoms with Crippen LogP contribution in [-0.2, 0) is 36.5 Å². The summed E-state index contributed by atoms with van der Waals surface area (Å²) in [5, 5.41) is 4.64. The zero-order chi connectivity index (χ0) is 18.1. The summed E-state index contributed by atoms with van der Waals surface area (Å²) in [4.78, 5) is 8.60. The van der Waals surface area contributed by atoms with Crippen LogP contribution in [0, 0.1) is 0 Å². The van der Waals surface area contributed by atoms with Gasteiger partial charge in [-0.25, -0.2) is 23.1 Å². The van der Waals surface area contributed by atoms with Gasteiger partial charge in [0, 0.05) is 39.2 Å². The molecule has 9 heteroatoms. The molecule has 0 bridgehead atoms. The average molecular weight is 372 g/mol. The number of aryl methyl sites for hydroxylation is 1. The van der Waals surface area contributed by atoms with E-state index in [1.54, 1.807) is 11.6 Å². The highest BCUT2D eigenvalue weighted by Crippen LogP contribution is 2.17. The van der Waals surface area contributed by atoms with Crippen molar-refractivity contribution < 1.29 is 8.42 Å². The van der Waals surface area contributed by atoms with Crippen LogP contribution in [0.2, 0.25) is 0 Å². The molecule has 0 aliphatic carbocycles. The normalized spacial score (nSPS) is 15.6. The maximum atomic E-state index is 12.7. The Balaban J connectivity index is 1.49. The molecule has 0 saturated heterocycles. The van der Waals surface area contributed by atoms with Crippen LogP contribution < -0.4 is 0 Å². The predicted octanol–water partition coefficient (Wildman–Crippen LogP) is 0.849. The van der Waals surface area contributed by atoms with Gasteiger partial charge >= 0.3 is 0 Å². The van der Waals surface area contributed by atoms with E-state index < -0.39 is 10.0 Å². The zero-order valence-corrected chi connectivity index (χ0v) is 15.3. The average Bonchev–Trinajstić information content (AvgIpc) is 3.17. The van der Waals surface area contributed by atoms with Crippen LogP contribution in [0.4, 0.5) is 0 Å². The first-order chi connectivity index (χ1) is 12.5. The minimum Gasteiger partial charge on any atom is -0.339 e. The second-order valence-corrected chi connectivity index (χ2v) is 8.25. The molecule has 4 rings (SSSR count). The van der Waals surface area contributed by atoms with Crippen molar-refractivity contribution in [2.45, 2.75) is 24.4 Å². The van der Waals surface area contributed by atoms with E-state index in [0.717, 1.165) is 17.2 Å². The largest absolute Gasteiger partial charge is 0.339 e. The van der Waals surface area contributed by atoms with Gasteiger partial charge in [0.15, 0.2) is 10.9 Å². The number of nitrogens with zero attached hydrogens (tertiary/aromatic N) is 6. The number of imidazole rings is 1. The lowest BCUT2D eigenvalue weighted by Gasteiger charge is -2.17. The fraction of sp³-hybridized carbons (Fsp3) is 0.353. The molecule has 0 saturated carbocycles. The fourth-order valence-electron chi connectivity index (χ4n) is 3.08. The van der Waals surface area contributed by atoms with Gasteiger partial charge in [-0.2, -0.15) is 9.40 Å². The summed E-state index contributed by atoms with van der Waals surface area (Å²) in [6, 6.07) is 10.1. The quantitative estimate of drug-likeness (QED) is 0.678. The molecule has 0 amide bonds. The van der Waals surface area contributed by atoms with E-state index in [1.165, 1.54) is 16.8 Å². The van der Waals surface area contributed by atoms with Crippen LogP contribution in [0.3, 0.4) is 0 Å². The van der Waals surface area contributed by atoms with Crippen molar-refractivity contribution >= 4 is 10.0 Å². The van der Waals surface area contributed by atoms with Gasteiger partial charge in [0.1, 0.15) is 5.82 Å². The van der Waals surface area contributed by atoms with Crippen molar-refractivity contribution in [3.63, 3.8) is 0 Å². The Hall–Kier alpha value is -2.52. The lowest BCUT2D eigenvalue weighted by atomic mass is 10.1. The second-order valence-electron chi connectivity index (χ2n) is 6.36. The van der Waals surface area contributed by atoms with Gasteiger partial charge < -0.3 is 4.57 Å². The van der Waals surface area contributed by atoms with Crippen molar-refractivity contribution in [2.24, 2.45) is 7.05 Å². The Morgan fingerprint density at radius 3 is 2.65 bits per heavy atom. The van der Waals surface area contributed by atoms with Crippen molar-refractivity contribution in [2.75, 3.05) is 13.1 Å². The van der Waals surface area contributed by atoms with Crippen molar-refractivity contribution in [3.05, 3.63) is 60.1 Å². The molecule has 1 aromatic carbocycles. The minimum atomic E-state index is -3.59. The molecule has 0 unspecified atom stereocenters. The SMILES string of the molecule is Cn1cnc(S(=O)(=O)N2CCc3nc(Cc4ccccc4)nn3CC2)c1. The van der Waals surface area contributed by atoms with Crippen LogP contribution in [0.5, 0.6) is 0 Å². The number of fused-ring (bicyclic) bond motifs is 1. The molecule has 8 nitrogen and oxygen atoms in total. The Morgan fingerprint density at radius 2 is 1.92 bits per heavy atom. The highest BCUT2D eigenvalue weighted by atomic mass is 32.2.